The summed E-state index contributed by atoms with van der Waals surface area (Å²) in [6.07, 6.45) is 2.69. The minimum atomic E-state index is -0.915. The van der Waals surface area contributed by atoms with E-state index in [-0.39, 0.29) is 24.9 Å². The fraction of sp³-hybridized carbons (Fsp3) is 0.542. The van der Waals surface area contributed by atoms with E-state index in [0.29, 0.717) is 26.1 Å². The monoisotopic (exact) mass is 446 g/mol. The fourth-order valence-electron chi connectivity index (χ4n) is 3.85. The first-order valence-corrected chi connectivity index (χ1v) is 11.0. The molecule has 1 aromatic carbocycles. The van der Waals surface area contributed by atoms with Crippen molar-refractivity contribution >= 4 is 17.8 Å². The number of rotatable bonds is 12. The quantitative estimate of drug-likeness (QED) is 0.197. The Morgan fingerprint density at radius 1 is 1.22 bits per heavy atom. The third-order valence-electron chi connectivity index (χ3n) is 5.47. The van der Waals surface area contributed by atoms with E-state index in [4.69, 9.17) is 14.7 Å². The van der Waals surface area contributed by atoms with Crippen LogP contribution in [0.5, 0.6) is 0 Å². The Morgan fingerprint density at radius 3 is 2.50 bits per heavy atom. The van der Waals surface area contributed by atoms with E-state index in [1.165, 1.54) is 6.08 Å². The van der Waals surface area contributed by atoms with Crippen molar-refractivity contribution in [1.29, 1.82) is 0 Å². The van der Waals surface area contributed by atoms with Gasteiger partial charge in [-0.2, -0.15) is 0 Å². The Hall–Kier alpha value is -2.71. The van der Waals surface area contributed by atoms with Gasteiger partial charge in [0.2, 0.25) is 11.8 Å². The second-order valence-electron chi connectivity index (χ2n) is 8.52. The third-order valence-corrected chi connectivity index (χ3v) is 5.47. The van der Waals surface area contributed by atoms with Crippen LogP contribution in [0, 0.1) is 17.8 Å². The number of hydrogen-bond acceptors (Lipinski definition) is 6. The molecule has 8 heteroatoms. The summed E-state index contributed by atoms with van der Waals surface area (Å²) in [7, 11) is 0. The van der Waals surface area contributed by atoms with Crippen LogP contribution in [0.25, 0.3) is 0 Å². The Morgan fingerprint density at radius 2 is 1.94 bits per heavy atom. The Labute approximate surface area is 189 Å². The Kier molecular flexibility index (Phi) is 10.4. The number of esters is 1. The number of amides is 2. The number of allylic oxidation sites excluding steroid dienone is 1. The smallest absolute Gasteiger partial charge is 0.329 e. The zero-order valence-corrected chi connectivity index (χ0v) is 18.8. The van der Waals surface area contributed by atoms with Gasteiger partial charge in [0.15, 0.2) is 0 Å². The summed E-state index contributed by atoms with van der Waals surface area (Å²) in [5, 5.41) is 12.0. The molecule has 2 amide bonds. The maximum atomic E-state index is 13.3. The molecule has 3 N–H and O–H groups in total. The van der Waals surface area contributed by atoms with Gasteiger partial charge in [-0.15, -0.1) is 6.58 Å². The van der Waals surface area contributed by atoms with E-state index in [1.807, 2.05) is 44.2 Å². The van der Waals surface area contributed by atoms with Crippen molar-refractivity contribution in [2.24, 2.45) is 17.8 Å². The molecule has 2 rings (SSSR count). The van der Waals surface area contributed by atoms with Gasteiger partial charge in [0.05, 0.1) is 25.0 Å². The summed E-state index contributed by atoms with van der Waals surface area (Å²) in [5.74, 6) is -3.07. The molecule has 0 bridgehead atoms. The van der Waals surface area contributed by atoms with Crippen LogP contribution in [0.1, 0.15) is 38.7 Å². The normalized spacial score (nSPS) is 18.4. The Bertz CT molecular complexity index is 761. The second-order valence-corrected chi connectivity index (χ2v) is 8.52. The highest BCUT2D eigenvalue weighted by atomic mass is 16.6. The lowest BCUT2D eigenvalue weighted by molar-refractivity contribution is -0.153. The average Bonchev–Trinajstić information content (AvgIpc) is 3.28. The number of ether oxygens (including phenoxy) is 2. The van der Waals surface area contributed by atoms with E-state index in [1.54, 1.807) is 5.48 Å². The molecule has 1 aromatic rings. The zero-order chi connectivity index (χ0) is 23.5. The van der Waals surface area contributed by atoms with E-state index >= 15 is 0 Å². The van der Waals surface area contributed by atoms with Crippen LogP contribution in [-0.2, 0) is 30.3 Å². The highest BCUT2D eigenvalue weighted by Gasteiger charge is 2.36. The Balaban J connectivity index is 2.23. The van der Waals surface area contributed by atoms with Crippen LogP contribution in [0.15, 0.2) is 43.0 Å². The SMILES string of the molecule is C=CC[C@H](C(=O)NO)[C@@H](CC(C)C)C(=O)N[C@@H](Cc1ccccc1)C(=O)O[C@H]1CCOC1. The largest absolute Gasteiger partial charge is 0.458 e. The van der Waals surface area contributed by atoms with Crippen molar-refractivity contribution < 1.29 is 29.1 Å². The third kappa shape index (κ3) is 7.76. The first kappa shape index (κ1) is 25.5. The van der Waals surface area contributed by atoms with Gasteiger partial charge >= 0.3 is 5.97 Å². The van der Waals surface area contributed by atoms with Gasteiger partial charge < -0.3 is 14.8 Å². The molecule has 0 spiro atoms. The number of hydrogen-bond donors (Lipinski definition) is 3. The molecular weight excluding hydrogens is 412 g/mol. The molecule has 32 heavy (non-hydrogen) atoms. The molecule has 0 radical (unpaired) electrons. The minimum absolute atomic E-state index is 0.111. The number of carbonyl (C=O) groups is 3. The topological polar surface area (TPSA) is 114 Å². The lowest BCUT2D eigenvalue weighted by atomic mass is 9.82. The predicted molar refractivity (Wildman–Crippen MR) is 119 cm³/mol. The van der Waals surface area contributed by atoms with Crippen molar-refractivity contribution in [3.05, 3.63) is 48.6 Å². The maximum Gasteiger partial charge on any atom is 0.329 e. The number of benzene rings is 1. The molecular formula is C24H34N2O6. The molecule has 1 fully saturated rings. The molecule has 1 heterocycles. The molecule has 176 valence electrons. The lowest BCUT2D eigenvalue weighted by Crippen LogP contribution is -2.49. The molecule has 0 aromatic heterocycles. The standard InChI is InChI=1S/C24H34N2O6/c1-4-8-19(23(28)26-30)20(13-16(2)3)22(27)25-21(14-17-9-6-5-7-10-17)24(29)32-18-11-12-31-15-18/h4-7,9-10,16,18-21,30H,1,8,11-15H2,2-3H3,(H,25,27)(H,26,28)/t18-,19-,20+,21-/m0/s1. The molecule has 0 saturated carbocycles. The molecule has 8 nitrogen and oxygen atoms in total. The highest BCUT2D eigenvalue weighted by molar-refractivity contribution is 5.90. The van der Waals surface area contributed by atoms with Gasteiger partial charge in [0.25, 0.3) is 0 Å². The van der Waals surface area contributed by atoms with E-state index in [9.17, 15) is 14.4 Å². The van der Waals surface area contributed by atoms with Crippen molar-refractivity contribution in [2.75, 3.05) is 13.2 Å². The summed E-state index contributed by atoms with van der Waals surface area (Å²) in [6.45, 7) is 8.42. The maximum absolute atomic E-state index is 13.3. The highest BCUT2D eigenvalue weighted by Crippen LogP contribution is 2.25. The van der Waals surface area contributed by atoms with E-state index in [0.717, 1.165) is 5.56 Å². The van der Waals surface area contributed by atoms with Gasteiger partial charge in [0.1, 0.15) is 12.1 Å². The molecule has 4 atom stereocenters. The molecule has 0 unspecified atom stereocenters. The lowest BCUT2D eigenvalue weighted by Gasteiger charge is -2.28. The van der Waals surface area contributed by atoms with Crippen LogP contribution in [-0.4, -0.2) is 48.4 Å². The van der Waals surface area contributed by atoms with Crippen LogP contribution in [0.4, 0.5) is 0 Å². The molecule has 1 aliphatic heterocycles. The van der Waals surface area contributed by atoms with Crippen LogP contribution in [0.2, 0.25) is 0 Å². The van der Waals surface area contributed by atoms with E-state index in [2.05, 4.69) is 11.9 Å². The molecule has 1 saturated heterocycles. The van der Waals surface area contributed by atoms with Crippen molar-refractivity contribution in [3.8, 4) is 0 Å². The van der Waals surface area contributed by atoms with Gasteiger partial charge in [0, 0.05) is 12.8 Å². The summed E-state index contributed by atoms with van der Waals surface area (Å²) < 4.78 is 10.8. The van der Waals surface area contributed by atoms with E-state index < -0.39 is 35.7 Å². The van der Waals surface area contributed by atoms with Gasteiger partial charge in [-0.1, -0.05) is 50.3 Å². The summed E-state index contributed by atoms with van der Waals surface area (Å²) in [5.41, 5.74) is 2.52. The van der Waals surface area contributed by atoms with Crippen LogP contribution in [0.3, 0.4) is 0 Å². The summed E-state index contributed by atoms with van der Waals surface area (Å²) in [6, 6.07) is 8.42. The molecule has 0 aliphatic carbocycles. The van der Waals surface area contributed by atoms with Gasteiger partial charge in [-0.25, -0.2) is 10.3 Å². The second kappa shape index (κ2) is 13.0. The summed E-state index contributed by atoms with van der Waals surface area (Å²) in [4.78, 5) is 38.5. The summed E-state index contributed by atoms with van der Waals surface area (Å²) >= 11 is 0. The van der Waals surface area contributed by atoms with Crippen LogP contribution >= 0.6 is 0 Å². The zero-order valence-electron chi connectivity index (χ0n) is 18.8. The number of nitrogens with one attached hydrogen (secondary N) is 2. The first-order valence-electron chi connectivity index (χ1n) is 11.0. The van der Waals surface area contributed by atoms with Gasteiger partial charge in [-0.3, -0.25) is 14.8 Å². The van der Waals surface area contributed by atoms with Crippen molar-refractivity contribution in [1.82, 2.24) is 10.8 Å². The number of carbonyl (C=O) groups excluding carboxylic acids is 3. The number of hydroxylamine groups is 1. The molecule has 1 aliphatic rings. The predicted octanol–water partition coefficient (Wildman–Crippen LogP) is 2.41. The van der Waals surface area contributed by atoms with Crippen molar-refractivity contribution in [2.45, 2.75) is 51.7 Å². The van der Waals surface area contributed by atoms with Crippen molar-refractivity contribution in [3.63, 3.8) is 0 Å². The fourth-order valence-corrected chi connectivity index (χ4v) is 3.85. The first-order chi connectivity index (χ1) is 15.3. The van der Waals surface area contributed by atoms with Gasteiger partial charge in [-0.05, 0) is 24.3 Å². The minimum Gasteiger partial charge on any atom is -0.458 e. The van der Waals surface area contributed by atoms with Crippen LogP contribution < -0.4 is 10.8 Å². The average molecular weight is 447 g/mol.